The van der Waals surface area contributed by atoms with Crippen molar-refractivity contribution >= 4 is 29.1 Å². The number of rotatable bonds is 5. The monoisotopic (exact) mass is 435 g/mol. The third kappa shape index (κ3) is 3.53. The Morgan fingerprint density at radius 2 is 1.90 bits per heavy atom. The van der Waals surface area contributed by atoms with Gasteiger partial charge in [0, 0.05) is 10.9 Å². The number of benzene rings is 2. The molecule has 3 aromatic rings. The van der Waals surface area contributed by atoms with Gasteiger partial charge in [-0.05, 0) is 42.8 Å². The number of aryl methyl sites for hydroxylation is 1. The Kier molecular flexibility index (Phi) is 4.67. The summed E-state index contributed by atoms with van der Waals surface area (Å²) in [6.07, 6.45) is 0. The number of amides is 3. The Bertz CT molecular complexity index is 1240. The molecule has 0 spiro atoms. The second-order valence-electron chi connectivity index (χ2n) is 7.18. The van der Waals surface area contributed by atoms with Crippen LogP contribution in [0.25, 0.3) is 0 Å². The number of nitrogens with one attached hydrogen (secondary N) is 1. The number of carbonyl (C=O) groups is 3. The molecule has 0 unspecified atom stereocenters. The first-order chi connectivity index (χ1) is 15.0. The van der Waals surface area contributed by atoms with Crippen LogP contribution in [0.15, 0.2) is 41.8 Å². The zero-order valence-electron chi connectivity index (χ0n) is 16.5. The van der Waals surface area contributed by atoms with Crippen molar-refractivity contribution in [2.75, 3.05) is 6.79 Å². The predicted molar refractivity (Wildman–Crippen MR) is 111 cm³/mol. The lowest BCUT2D eigenvalue weighted by Crippen LogP contribution is -2.29. The lowest BCUT2D eigenvalue weighted by Gasteiger charge is -2.14. The smallest absolute Gasteiger partial charge is 0.261 e. The van der Waals surface area contributed by atoms with Gasteiger partial charge in [0.15, 0.2) is 11.5 Å². The first-order valence-electron chi connectivity index (χ1n) is 9.57. The van der Waals surface area contributed by atoms with Gasteiger partial charge in [-0.3, -0.25) is 19.3 Å². The van der Waals surface area contributed by atoms with Gasteiger partial charge >= 0.3 is 0 Å². The minimum atomic E-state index is -0.428. The molecule has 8 nitrogen and oxygen atoms in total. The van der Waals surface area contributed by atoms with Crippen molar-refractivity contribution in [3.05, 3.63) is 74.7 Å². The summed E-state index contributed by atoms with van der Waals surface area (Å²) in [4.78, 5) is 43.7. The highest BCUT2D eigenvalue weighted by molar-refractivity contribution is 7.09. The molecule has 2 aromatic carbocycles. The number of fused-ring (bicyclic) bond motifs is 2. The number of ether oxygens (including phenoxy) is 2. The molecule has 0 saturated carbocycles. The molecule has 2 aliphatic heterocycles. The van der Waals surface area contributed by atoms with Gasteiger partial charge in [-0.1, -0.05) is 6.07 Å². The summed E-state index contributed by atoms with van der Waals surface area (Å²) in [6, 6.07) is 9.84. The number of aromatic nitrogens is 1. The van der Waals surface area contributed by atoms with Crippen LogP contribution in [0.3, 0.4) is 0 Å². The lowest BCUT2D eigenvalue weighted by molar-refractivity contribution is 0.0642. The SMILES string of the molecule is Cc1nc(CNC(=O)c2ccc3c(c2)C(=O)N(Cc2ccc4c(c2)OCO4)C3=O)cs1. The van der Waals surface area contributed by atoms with Crippen LogP contribution in [0, 0.1) is 6.92 Å². The van der Waals surface area contributed by atoms with Gasteiger partial charge in [-0.25, -0.2) is 4.98 Å². The summed E-state index contributed by atoms with van der Waals surface area (Å²) in [6.45, 7) is 2.45. The lowest BCUT2D eigenvalue weighted by atomic mass is 10.1. The first-order valence-corrected chi connectivity index (χ1v) is 10.5. The quantitative estimate of drug-likeness (QED) is 0.619. The average Bonchev–Trinajstić information content (AvgIpc) is 3.47. The van der Waals surface area contributed by atoms with E-state index < -0.39 is 5.91 Å². The van der Waals surface area contributed by atoms with Crippen LogP contribution in [-0.4, -0.2) is 34.4 Å². The van der Waals surface area contributed by atoms with Gasteiger partial charge in [-0.15, -0.1) is 11.3 Å². The molecule has 5 rings (SSSR count). The maximum absolute atomic E-state index is 12.9. The third-order valence-corrected chi connectivity index (χ3v) is 5.93. The van der Waals surface area contributed by atoms with Gasteiger partial charge < -0.3 is 14.8 Å². The molecule has 0 radical (unpaired) electrons. The van der Waals surface area contributed by atoms with E-state index >= 15 is 0 Å². The van der Waals surface area contributed by atoms with Crippen LogP contribution in [0.1, 0.15) is 47.3 Å². The number of thiazole rings is 1. The number of carbonyl (C=O) groups excluding carboxylic acids is 3. The first kappa shape index (κ1) is 19.3. The standard InChI is InChI=1S/C22H17N3O5S/c1-12-24-15(10-31-12)8-23-20(26)14-3-4-16-17(7-14)22(28)25(21(16)27)9-13-2-5-18-19(6-13)30-11-29-18/h2-7,10H,8-9,11H2,1H3,(H,23,26). The van der Waals surface area contributed by atoms with Crippen LogP contribution < -0.4 is 14.8 Å². The van der Waals surface area contributed by atoms with Crippen molar-refractivity contribution in [2.45, 2.75) is 20.0 Å². The molecule has 2 aliphatic rings. The minimum absolute atomic E-state index is 0.105. The molecule has 0 bridgehead atoms. The summed E-state index contributed by atoms with van der Waals surface area (Å²) in [5.41, 5.74) is 2.35. The minimum Gasteiger partial charge on any atom is -0.454 e. The molecular formula is C22H17N3O5S. The zero-order chi connectivity index (χ0) is 21.5. The molecule has 0 saturated heterocycles. The van der Waals surface area contributed by atoms with Crippen molar-refractivity contribution in [3.8, 4) is 11.5 Å². The fourth-order valence-corrected chi connectivity index (χ4v) is 4.17. The maximum Gasteiger partial charge on any atom is 0.261 e. The molecule has 156 valence electrons. The highest BCUT2D eigenvalue weighted by Crippen LogP contribution is 2.34. The highest BCUT2D eigenvalue weighted by Gasteiger charge is 2.36. The van der Waals surface area contributed by atoms with E-state index in [2.05, 4.69) is 10.3 Å². The number of hydrogen-bond acceptors (Lipinski definition) is 7. The molecule has 1 aromatic heterocycles. The van der Waals surface area contributed by atoms with Crippen LogP contribution in [0.4, 0.5) is 0 Å². The number of hydrogen-bond donors (Lipinski definition) is 1. The van der Waals surface area contributed by atoms with Gasteiger partial charge in [-0.2, -0.15) is 0 Å². The normalized spacial score (nSPS) is 14.2. The second kappa shape index (κ2) is 7.51. The molecule has 1 N–H and O–H groups in total. The largest absolute Gasteiger partial charge is 0.454 e. The van der Waals surface area contributed by atoms with Crippen LogP contribution >= 0.6 is 11.3 Å². The summed E-state index contributed by atoms with van der Waals surface area (Å²) in [5.74, 6) is 0.0749. The van der Waals surface area contributed by atoms with E-state index in [0.29, 0.717) is 23.6 Å². The molecule has 3 amide bonds. The molecule has 31 heavy (non-hydrogen) atoms. The molecular weight excluding hydrogens is 418 g/mol. The van der Waals surface area contributed by atoms with Crippen LogP contribution in [0.5, 0.6) is 11.5 Å². The average molecular weight is 435 g/mol. The van der Waals surface area contributed by atoms with Crippen LogP contribution in [-0.2, 0) is 13.1 Å². The molecule has 0 atom stereocenters. The molecule has 3 heterocycles. The second-order valence-corrected chi connectivity index (χ2v) is 8.25. The van der Waals surface area contributed by atoms with E-state index in [1.807, 2.05) is 12.3 Å². The fourth-order valence-electron chi connectivity index (χ4n) is 3.56. The Morgan fingerprint density at radius 3 is 2.71 bits per heavy atom. The maximum atomic E-state index is 12.9. The Labute approximate surface area is 181 Å². The van der Waals surface area contributed by atoms with Crippen molar-refractivity contribution in [1.29, 1.82) is 0 Å². The highest BCUT2D eigenvalue weighted by atomic mass is 32.1. The van der Waals surface area contributed by atoms with Gasteiger partial charge in [0.2, 0.25) is 6.79 Å². The van der Waals surface area contributed by atoms with Crippen molar-refractivity contribution in [1.82, 2.24) is 15.2 Å². The molecule has 0 fully saturated rings. The summed E-state index contributed by atoms with van der Waals surface area (Å²) in [7, 11) is 0. The van der Waals surface area contributed by atoms with E-state index in [1.165, 1.54) is 28.4 Å². The summed E-state index contributed by atoms with van der Waals surface area (Å²) < 4.78 is 10.6. The van der Waals surface area contributed by atoms with Crippen LogP contribution in [0.2, 0.25) is 0 Å². The number of nitrogens with zero attached hydrogens (tertiary/aromatic N) is 2. The summed E-state index contributed by atoms with van der Waals surface area (Å²) in [5, 5.41) is 5.60. The number of imide groups is 1. The van der Waals surface area contributed by atoms with E-state index in [0.717, 1.165) is 16.3 Å². The van der Waals surface area contributed by atoms with E-state index in [-0.39, 0.29) is 36.3 Å². The predicted octanol–water partition coefficient (Wildman–Crippen LogP) is 2.91. The van der Waals surface area contributed by atoms with E-state index in [4.69, 9.17) is 9.47 Å². The molecule has 0 aliphatic carbocycles. The zero-order valence-corrected chi connectivity index (χ0v) is 17.3. The topological polar surface area (TPSA) is 97.8 Å². The molecule has 9 heteroatoms. The van der Waals surface area contributed by atoms with Crippen molar-refractivity contribution in [2.24, 2.45) is 0 Å². The van der Waals surface area contributed by atoms with Crippen molar-refractivity contribution in [3.63, 3.8) is 0 Å². The van der Waals surface area contributed by atoms with Gasteiger partial charge in [0.05, 0.1) is 34.9 Å². The van der Waals surface area contributed by atoms with E-state index in [1.54, 1.807) is 24.3 Å². The Morgan fingerprint density at radius 1 is 1.10 bits per heavy atom. The summed E-state index contributed by atoms with van der Waals surface area (Å²) >= 11 is 1.51. The van der Waals surface area contributed by atoms with Gasteiger partial charge in [0.1, 0.15) is 0 Å². The van der Waals surface area contributed by atoms with E-state index in [9.17, 15) is 14.4 Å². The fraction of sp³-hybridized carbons (Fsp3) is 0.182. The van der Waals surface area contributed by atoms with Crippen molar-refractivity contribution < 1.29 is 23.9 Å². The third-order valence-electron chi connectivity index (χ3n) is 5.11. The van der Waals surface area contributed by atoms with Gasteiger partial charge in [0.25, 0.3) is 17.7 Å². The Balaban J connectivity index is 1.32. The Hall–Kier alpha value is -3.72.